The number of hydrogen-bond donors (Lipinski definition) is 6. The van der Waals surface area contributed by atoms with Crippen molar-refractivity contribution in [3.05, 3.63) is 11.4 Å². The van der Waals surface area contributed by atoms with Crippen molar-refractivity contribution in [1.82, 2.24) is 25.6 Å². The van der Waals surface area contributed by atoms with Crippen molar-refractivity contribution in [3.63, 3.8) is 0 Å². The molecule has 0 aromatic carbocycles. The highest BCUT2D eigenvalue weighted by atomic mass is 16.6. The molecule has 12 nitrogen and oxygen atoms in total. The zero-order valence-corrected chi connectivity index (χ0v) is 14.9. The SMILES string of the molecule is O=C(NC1CC1)c1nnn([C@@H]2O[C@H](CO)[C@@H](O)[C@H](O)[C@H]2O)c1C(=O)NC1CC1. The molecule has 2 amide bonds. The second-order valence-corrected chi connectivity index (χ2v) is 7.45. The van der Waals surface area contributed by atoms with Gasteiger partial charge < -0.3 is 35.8 Å². The second kappa shape index (κ2) is 7.37. The third-order valence-corrected chi connectivity index (χ3v) is 5.06. The summed E-state index contributed by atoms with van der Waals surface area (Å²) in [4.78, 5) is 25.3. The van der Waals surface area contributed by atoms with Gasteiger partial charge in [-0.3, -0.25) is 9.59 Å². The summed E-state index contributed by atoms with van der Waals surface area (Å²) >= 11 is 0. The maximum absolute atomic E-state index is 12.8. The zero-order chi connectivity index (χ0) is 20.0. The molecule has 0 spiro atoms. The molecule has 5 atom stereocenters. The number of hydrogen-bond acceptors (Lipinski definition) is 9. The fourth-order valence-electron chi connectivity index (χ4n) is 3.08. The molecule has 154 valence electrons. The highest BCUT2D eigenvalue weighted by molar-refractivity contribution is 6.05. The van der Waals surface area contributed by atoms with Crippen molar-refractivity contribution >= 4 is 11.8 Å². The van der Waals surface area contributed by atoms with Gasteiger partial charge in [0.25, 0.3) is 11.8 Å². The van der Waals surface area contributed by atoms with Crippen LogP contribution in [0.1, 0.15) is 52.9 Å². The number of nitrogens with zero attached hydrogens (tertiary/aromatic N) is 3. The summed E-state index contributed by atoms with van der Waals surface area (Å²) in [6.45, 7) is -0.630. The number of aromatic nitrogens is 3. The monoisotopic (exact) mass is 397 g/mol. The zero-order valence-electron chi connectivity index (χ0n) is 14.9. The Bertz CT molecular complexity index is 761. The Morgan fingerprint density at radius 1 is 1.00 bits per heavy atom. The van der Waals surface area contributed by atoms with Gasteiger partial charge in [-0.15, -0.1) is 5.10 Å². The van der Waals surface area contributed by atoms with Crippen LogP contribution in [0.15, 0.2) is 0 Å². The minimum atomic E-state index is -1.66. The number of aliphatic hydroxyl groups excluding tert-OH is 4. The third kappa shape index (κ3) is 3.61. The topological polar surface area (TPSA) is 179 Å². The lowest BCUT2D eigenvalue weighted by atomic mass is 9.98. The lowest BCUT2D eigenvalue weighted by molar-refractivity contribution is -0.254. The van der Waals surface area contributed by atoms with Gasteiger partial charge in [0, 0.05) is 12.1 Å². The van der Waals surface area contributed by atoms with Crippen molar-refractivity contribution in [2.45, 2.75) is 68.4 Å². The molecule has 0 unspecified atom stereocenters. The Hall–Kier alpha value is -2.12. The van der Waals surface area contributed by atoms with Crippen LogP contribution < -0.4 is 10.6 Å². The lowest BCUT2D eigenvalue weighted by Gasteiger charge is -2.39. The maximum atomic E-state index is 12.8. The van der Waals surface area contributed by atoms with Crippen LogP contribution >= 0.6 is 0 Å². The number of aliphatic hydroxyl groups is 4. The van der Waals surface area contributed by atoms with Gasteiger partial charge in [0.15, 0.2) is 17.6 Å². The molecule has 1 aromatic heterocycles. The van der Waals surface area contributed by atoms with E-state index >= 15 is 0 Å². The second-order valence-electron chi connectivity index (χ2n) is 7.45. The van der Waals surface area contributed by atoms with Crippen LogP contribution in [0, 0.1) is 0 Å². The van der Waals surface area contributed by atoms with Gasteiger partial charge in [0.1, 0.15) is 24.4 Å². The first-order chi connectivity index (χ1) is 13.4. The fourth-order valence-corrected chi connectivity index (χ4v) is 3.08. The summed E-state index contributed by atoms with van der Waals surface area (Å²) in [5, 5.41) is 52.7. The number of nitrogens with one attached hydrogen (secondary N) is 2. The van der Waals surface area contributed by atoms with E-state index in [0.717, 1.165) is 30.4 Å². The molecule has 3 fully saturated rings. The summed E-state index contributed by atoms with van der Waals surface area (Å²) in [5.74, 6) is -1.18. The fraction of sp³-hybridized carbons (Fsp3) is 0.750. The first kappa shape index (κ1) is 19.2. The molecule has 12 heteroatoms. The van der Waals surface area contributed by atoms with E-state index in [1.807, 2.05) is 0 Å². The predicted molar refractivity (Wildman–Crippen MR) is 90.0 cm³/mol. The number of carbonyl (C=O) groups is 2. The molecule has 28 heavy (non-hydrogen) atoms. The van der Waals surface area contributed by atoms with Crippen molar-refractivity contribution in [1.29, 1.82) is 0 Å². The summed E-state index contributed by atoms with van der Waals surface area (Å²) < 4.78 is 6.37. The molecule has 4 rings (SSSR count). The third-order valence-electron chi connectivity index (χ3n) is 5.06. The molecule has 0 radical (unpaired) electrons. The van der Waals surface area contributed by atoms with E-state index in [2.05, 4.69) is 20.9 Å². The smallest absolute Gasteiger partial charge is 0.274 e. The molecule has 2 aliphatic carbocycles. The number of ether oxygens (including phenoxy) is 1. The first-order valence-electron chi connectivity index (χ1n) is 9.28. The molecule has 1 aromatic rings. The van der Waals surface area contributed by atoms with Gasteiger partial charge in [-0.2, -0.15) is 0 Å². The average Bonchev–Trinajstić information content (AvgIpc) is 3.60. The molecule has 1 saturated heterocycles. The van der Waals surface area contributed by atoms with E-state index in [4.69, 9.17) is 4.74 Å². The van der Waals surface area contributed by atoms with E-state index in [-0.39, 0.29) is 23.5 Å². The normalized spacial score (nSPS) is 32.8. The van der Waals surface area contributed by atoms with Crippen LogP contribution in [0.5, 0.6) is 0 Å². The largest absolute Gasteiger partial charge is 0.394 e. The highest BCUT2D eigenvalue weighted by Gasteiger charge is 2.46. The van der Waals surface area contributed by atoms with E-state index in [9.17, 15) is 30.0 Å². The molecule has 1 aliphatic heterocycles. The van der Waals surface area contributed by atoms with Crippen LogP contribution in [0.4, 0.5) is 0 Å². The number of amides is 2. The molecular formula is C16H23N5O7. The molecule has 3 aliphatic rings. The first-order valence-corrected chi connectivity index (χ1v) is 9.28. The molecule has 0 bridgehead atoms. The number of rotatable bonds is 6. The molecule has 2 saturated carbocycles. The average molecular weight is 397 g/mol. The van der Waals surface area contributed by atoms with E-state index in [1.165, 1.54) is 0 Å². The Morgan fingerprint density at radius 3 is 2.18 bits per heavy atom. The minimum Gasteiger partial charge on any atom is -0.394 e. The van der Waals surface area contributed by atoms with Gasteiger partial charge in [-0.1, -0.05) is 5.21 Å². The van der Waals surface area contributed by atoms with Crippen molar-refractivity contribution in [3.8, 4) is 0 Å². The van der Waals surface area contributed by atoms with Gasteiger partial charge in [0.05, 0.1) is 6.61 Å². The summed E-state index contributed by atoms with van der Waals surface area (Å²) in [5.41, 5.74) is -0.434. The number of carbonyl (C=O) groups excluding carboxylic acids is 2. The summed E-state index contributed by atoms with van der Waals surface area (Å²) in [6.07, 6.45) is -4.16. The Labute approximate surface area is 159 Å². The van der Waals surface area contributed by atoms with Crippen molar-refractivity contribution in [2.24, 2.45) is 0 Å². The minimum absolute atomic E-state index is 0.00927. The van der Waals surface area contributed by atoms with Gasteiger partial charge in [-0.25, -0.2) is 4.68 Å². The van der Waals surface area contributed by atoms with Crippen LogP contribution in [0.25, 0.3) is 0 Å². The molecular weight excluding hydrogens is 374 g/mol. The quantitative estimate of drug-likeness (QED) is 0.292. The van der Waals surface area contributed by atoms with E-state index < -0.39 is 49.1 Å². The highest BCUT2D eigenvalue weighted by Crippen LogP contribution is 2.30. The van der Waals surface area contributed by atoms with Gasteiger partial charge in [0.2, 0.25) is 0 Å². The Balaban J connectivity index is 1.67. The van der Waals surface area contributed by atoms with Crippen molar-refractivity contribution < 1.29 is 34.8 Å². The van der Waals surface area contributed by atoms with Crippen LogP contribution in [0.2, 0.25) is 0 Å². The molecule has 2 heterocycles. The lowest BCUT2D eigenvalue weighted by Crippen LogP contribution is -2.57. The van der Waals surface area contributed by atoms with Crippen LogP contribution in [0.3, 0.4) is 0 Å². The summed E-state index contributed by atoms with van der Waals surface area (Å²) in [6, 6.07) is 0.0225. The molecule has 6 N–H and O–H groups in total. The van der Waals surface area contributed by atoms with Crippen LogP contribution in [-0.2, 0) is 4.74 Å². The van der Waals surface area contributed by atoms with Crippen molar-refractivity contribution in [2.75, 3.05) is 6.61 Å². The van der Waals surface area contributed by atoms with E-state index in [0.29, 0.717) is 0 Å². The predicted octanol–water partition coefficient (Wildman–Crippen LogP) is -2.97. The maximum Gasteiger partial charge on any atom is 0.274 e. The van der Waals surface area contributed by atoms with E-state index in [1.54, 1.807) is 0 Å². The Kier molecular flexibility index (Phi) is 5.05. The van der Waals surface area contributed by atoms with Crippen LogP contribution in [-0.4, -0.2) is 90.3 Å². The Morgan fingerprint density at radius 2 is 1.61 bits per heavy atom. The van der Waals surface area contributed by atoms with Gasteiger partial charge >= 0.3 is 0 Å². The summed E-state index contributed by atoms with van der Waals surface area (Å²) in [7, 11) is 0. The standard InChI is InChI=1S/C16H23N5O7/c22-5-8-11(23)12(24)13(25)16(28-8)21-10(15(27)18-7-3-4-7)9(19-20-21)14(26)17-6-1-2-6/h6-8,11-13,16,22-25H,1-5H2,(H,17,26)(H,18,27)/t8-,11-,12+,13-,16-/m1/s1. The van der Waals surface area contributed by atoms with Gasteiger partial charge in [-0.05, 0) is 25.7 Å².